The fourth-order valence-electron chi connectivity index (χ4n) is 1.28. The van der Waals surface area contributed by atoms with Crippen molar-refractivity contribution in [3.63, 3.8) is 0 Å². The Morgan fingerprint density at radius 1 is 1.16 bits per heavy atom. The molecule has 0 aromatic carbocycles. The molecule has 1 heterocycles. The lowest BCUT2D eigenvalue weighted by Gasteiger charge is -2.12. The minimum absolute atomic E-state index is 0.516. The highest BCUT2D eigenvalue weighted by molar-refractivity contribution is 6.37. The van der Waals surface area contributed by atoms with Crippen LogP contribution in [0.4, 0.5) is 32.0 Å². The highest BCUT2D eigenvalue weighted by Crippen LogP contribution is 2.26. The van der Waals surface area contributed by atoms with Gasteiger partial charge in [-0.15, -0.1) is 13.2 Å². The van der Waals surface area contributed by atoms with Gasteiger partial charge in [0.25, 0.3) is 5.91 Å². The van der Waals surface area contributed by atoms with Crippen molar-refractivity contribution in [1.29, 1.82) is 0 Å². The van der Waals surface area contributed by atoms with Crippen molar-refractivity contribution in [3.8, 4) is 5.88 Å². The molecule has 3 N–H and O–H groups in total. The first-order valence-electron chi connectivity index (χ1n) is 5.89. The molecule has 2 amide bonds. The second kappa shape index (κ2) is 7.23. The van der Waals surface area contributed by atoms with Crippen molar-refractivity contribution in [2.24, 2.45) is 5.73 Å². The average molecular weight is 375 g/mol. The third-order valence-electron chi connectivity index (χ3n) is 2.14. The number of halogens is 6. The summed E-state index contributed by atoms with van der Waals surface area (Å²) in [5, 5.41) is 1.68. The van der Waals surface area contributed by atoms with E-state index in [1.807, 2.05) is 0 Å². The molecule has 0 aliphatic heterocycles. The summed E-state index contributed by atoms with van der Waals surface area (Å²) in [6.07, 6.45) is -9.51. The lowest BCUT2D eigenvalue weighted by Crippen LogP contribution is -2.29. The van der Waals surface area contributed by atoms with Crippen molar-refractivity contribution in [3.05, 3.63) is 17.8 Å². The minimum Gasteiger partial charge on any atom is -0.449 e. The van der Waals surface area contributed by atoms with Gasteiger partial charge < -0.3 is 20.5 Å². The summed E-state index contributed by atoms with van der Waals surface area (Å²) < 4.78 is 79.1. The Kier molecular flexibility index (Phi) is 5.78. The molecule has 0 bridgehead atoms. The third kappa shape index (κ3) is 6.92. The number of aromatic nitrogens is 1. The molecule has 0 radical (unpaired) electrons. The first-order valence-corrected chi connectivity index (χ1v) is 5.89. The van der Waals surface area contributed by atoms with Gasteiger partial charge in [0, 0.05) is 0 Å². The van der Waals surface area contributed by atoms with E-state index in [4.69, 9.17) is 5.73 Å². The number of carbonyl (C=O) groups excluding carboxylic acids is 3. The van der Waals surface area contributed by atoms with Crippen molar-refractivity contribution < 1.29 is 50.2 Å². The number of carbonyl (C=O) groups is 3. The van der Waals surface area contributed by atoms with Gasteiger partial charge >= 0.3 is 24.4 Å². The van der Waals surface area contributed by atoms with E-state index in [1.165, 1.54) is 0 Å². The minimum atomic E-state index is -5.19. The molecular weight excluding hydrogens is 368 g/mol. The molecule has 0 aliphatic carbocycles. The van der Waals surface area contributed by atoms with E-state index in [0.29, 0.717) is 12.3 Å². The molecule has 138 valence electrons. The summed E-state index contributed by atoms with van der Waals surface area (Å²) >= 11 is 0. The molecule has 1 aromatic heterocycles. The van der Waals surface area contributed by atoms with Crippen LogP contribution in [-0.4, -0.2) is 41.9 Å². The molecule has 1 rings (SSSR count). The van der Waals surface area contributed by atoms with E-state index in [2.05, 4.69) is 14.5 Å². The van der Waals surface area contributed by atoms with Crippen molar-refractivity contribution in [1.82, 2.24) is 4.98 Å². The van der Waals surface area contributed by atoms with Gasteiger partial charge in [-0.25, -0.2) is 9.78 Å². The first kappa shape index (κ1) is 20.0. The molecular formula is C11H7F6N3O5. The van der Waals surface area contributed by atoms with E-state index in [1.54, 1.807) is 5.32 Å². The molecule has 0 saturated heterocycles. The van der Waals surface area contributed by atoms with E-state index < -0.39 is 54.1 Å². The number of ether oxygens (including phenoxy) is 2. The van der Waals surface area contributed by atoms with Crippen LogP contribution >= 0.6 is 0 Å². The number of nitrogens with zero attached hydrogens (tertiary/aromatic N) is 1. The Morgan fingerprint density at radius 2 is 1.76 bits per heavy atom. The maximum atomic E-state index is 12.1. The highest BCUT2D eigenvalue weighted by atomic mass is 19.4. The molecule has 0 saturated carbocycles. The lowest BCUT2D eigenvalue weighted by atomic mass is 10.2. The maximum Gasteiger partial charge on any atom is 0.574 e. The van der Waals surface area contributed by atoms with E-state index >= 15 is 0 Å². The molecule has 1 aromatic rings. The summed E-state index contributed by atoms with van der Waals surface area (Å²) in [6, 6.07) is 0.575. The molecule has 0 spiro atoms. The second-order valence-electron chi connectivity index (χ2n) is 4.13. The Labute approximate surface area is 133 Å². The van der Waals surface area contributed by atoms with Gasteiger partial charge in [0.2, 0.25) is 5.88 Å². The van der Waals surface area contributed by atoms with Crippen LogP contribution in [0.15, 0.2) is 12.3 Å². The number of hydrogen-bond acceptors (Lipinski definition) is 6. The monoisotopic (exact) mass is 375 g/mol. The number of rotatable bonds is 4. The van der Waals surface area contributed by atoms with Gasteiger partial charge in [-0.3, -0.25) is 9.59 Å². The largest absolute Gasteiger partial charge is 0.574 e. The summed E-state index contributed by atoms with van der Waals surface area (Å²) in [4.78, 5) is 36.6. The zero-order valence-electron chi connectivity index (χ0n) is 11.7. The summed E-state index contributed by atoms with van der Waals surface area (Å²) in [6.45, 7) is -2.03. The number of primary amides is 1. The first-order chi connectivity index (χ1) is 11.3. The fourth-order valence-corrected chi connectivity index (χ4v) is 1.28. The van der Waals surface area contributed by atoms with Crippen molar-refractivity contribution >= 4 is 23.5 Å². The predicted molar refractivity (Wildman–Crippen MR) is 65.1 cm³/mol. The summed E-state index contributed by atoms with van der Waals surface area (Å²) in [5.74, 6) is -6.25. The van der Waals surface area contributed by atoms with Gasteiger partial charge in [-0.05, 0) is 6.07 Å². The van der Waals surface area contributed by atoms with Gasteiger partial charge in [0.1, 0.15) is 5.56 Å². The number of pyridine rings is 1. The Bertz CT molecular complexity index is 688. The average Bonchev–Trinajstić information content (AvgIpc) is 2.43. The number of esters is 1. The van der Waals surface area contributed by atoms with E-state index in [9.17, 15) is 40.7 Å². The normalized spacial score (nSPS) is 11.6. The Balaban J connectivity index is 2.89. The van der Waals surface area contributed by atoms with Gasteiger partial charge in [-0.1, -0.05) is 0 Å². The summed E-state index contributed by atoms with van der Waals surface area (Å²) in [7, 11) is 0. The molecule has 25 heavy (non-hydrogen) atoms. The number of anilines is 1. The van der Waals surface area contributed by atoms with Crippen LogP contribution in [0.25, 0.3) is 0 Å². The standard InChI is InChI=1S/C11H7F6N3O5/c12-10(13,14)3-24-9(23)7(22)20-4-1-5(6(18)21)8(19-2-4)25-11(15,16)17/h1-2H,3H2,(H2,18,21)(H,20,22). The summed E-state index contributed by atoms with van der Waals surface area (Å²) in [5.41, 5.74) is 3.41. The van der Waals surface area contributed by atoms with Gasteiger partial charge in [0.05, 0.1) is 11.9 Å². The smallest absolute Gasteiger partial charge is 0.449 e. The van der Waals surface area contributed by atoms with Crippen LogP contribution in [0.1, 0.15) is 10.4 Å². The number of hydrogen-bond donors (Lipinski definition) is 2. The highest BCUT2D eigenvalue weighted by Gasteiger charge is 2.34. The molecule has 0 unspecified atom stereocenters. The maximum absolute atomic E-state index is 12.1. The third-order valence-corrected chi connectivity index (χ3v) is 2.14. The van der Waals surface area contributed by atoms with Crippen LogP contribution in [0.3, 0.4) is 0 Å². The van der Waals surface area contributed by atoms with Gasteiger partial charge in [0.15, 0.2) is 6.61 Å². The number of amides is 2. The zero-order chi connectivity index (χ0) is 19.4. The number of nitrogens with two attached hydrogens (primary N) is 1. The molecule has 0 fully saturated rings. The van der Waals surface area contributed by atoms with Crippen molar-refractivity contribution in [2.45, 2.75) is 12.5 Å². The Morgan fingerprint density at radius 3 is 2.24 bits per heavy atom. The molecule has 0 atom stereocenters. The molecule has 14 heteroatoms. The number of nitrogens with one attached hydrogen (secondary N) is 1. The van der Waals surface area contributed by atoms with Gasteiger partial charge in [-0.2, -0.15) is 13.2 Å². The van der Waals surface area contributed by atoms with Crippen LogP contribution in [-0.2, 0) is 14.3 Å². The topological polar surface area (TPSA) is 121 Å². The van der Waals surface area contributed by atoms with Crippen LogP contribution in [0, 0.1) is 0 Å². The second-order valence-corrected chi connectivity index (χ2v) is 4.13. The fraction of sp³-hybridized carbons (Fsp3) is 0.273. The van der Waals surface area contributed by atoms with E-state index in [-0.39, 0.29) is 0 Å². The van der Waals surface area contributed by atoms with Crippen LogP contribution in [0.5, 0.6) is 5.88 Å². The molecule has 0 aliphatic rings. The predicted octanol–water partition coefficient (Wildman–Crippen LogP) is 1.12. The Hall–Kier alpha value is -3.06. The number of alkyl halides is 6. The van der Waals surface area contributed by atoms with Crippen LogP contribution in [0.2, 0.25) is 0 Å². The van der Waals surface area contributed by atoms with E-state index in [0.717, 1.165) is 0 Å². The molecule has 8 nitrogen and oxygen atoms in total. The van der Waals surface area contributed by atoms with Crippen LogP contribution < -0.4 is 15.8 Å². The SMILES string of the molecule is NC(=O)c1cc(NC(=O)C(=O)OCC(F)(F)F)cnc1OC(F)(F)F. The quantitative estimate of drug-likeness (QED) is 0.462. The van der Waals surface area contributed by atoms with Crippen molar-refractivity contribution in [2.75, 3.05) is 11.9 Å². The lowest BCUT2D eigenvalue weighted by molar-refractivity contribution is -0.276. The zero-order valence-corrected chi connectivity index (χ0v) is 11.7.